The predicted molar refractivity (Wildman–Crippen MR) is 67.9 cm³/mol. The van der Waals surface area contributed by atoms with E-state index in [-0.39, 0.29) is 0 Å². The summed E-state index contributed by atoms with van der Waals surface area (Å²) in [5.41, 5.74) is 0. The number of nitrogens with one attached hydrogen (secondary N) is 1. The number of likely N-dealkylation sites (N-methyl/N-ethyl adjacent to an activating group) is 1. The van der Waals surface area contributed by atoms with Gasteiger partial charge < -0.3 is 19.7 Å². The smallest absolute Gasteiger partial charge is 0.0628 e. The Bertz CT molecular complexity index is 145. The van der Waals surface area contributed by atoms with E-state index >= 15 is 0 Å². The summed E-state index contributed by atoms with van der Waals surface area (Å²) >= 11 is 0. The predicted octanol–water partition coefficient (Wildman–Crippen LogP) is 0.969. The summed E-state index contributed by atoms with van der Waals surface area (Å²) in [6, 6.07) is 0.428. The largest absolute Gasteiger partial charge is 0.385 e. The molecule has 0 aliphatic rings. The van der Waals surface area contributed by atoms with Crippen molar-refractivity contribution in [1.29, 1.82) is 0 Å². The Morgan fingerprint density at radius 1 is 1.25 bits per heavy atom. The van der Waals surface area contributed by atoms with Crippen molar-refractivity contribution < 1.29 is 9.47 Å². The summed E-state index contributed by atoms with van der Waals surface area (Å²) < 4.78 is 10.3. The van der Waals surface area contributed by atoms with Crippen molar-refractivity contribution in [2.24, 2.45) is 0 Å². The Morgan fingerprint density at radius 3 is 2.56 bits per heavy atom. The second-order valence-corrected chi connectivity index (χ2v) is 4.21. The van der Waals surface area contributed by atoms with Gasteiger partial charge in [-0.2, -0.15) is 0 Å². The van der Waals surface area contributed by atoms with E-state index in [1.165, 1.54) is 0 Å². The lowest BCUT2D eigenvalue weighted by atomic mass is 10.2. The molecule has 0 radical (unpaired) electrons. The number of hydrogen-bond acceptors (Lipinski definition) is 4. The molecule has 0 fully saturated rings. The van der Waals surface area contributed by atoms with E-state index in [9.17, 15) is 0 Å². The van der Waals surface area contributed by atoms with Crippen LogP contribution in [-0.2, 0) is 9.47 Å². The molecule has 1 N–H and O–H groups in total. The van der Waals surface area contributed by atoms with Gasteiger partial charge in [-0.3, -0.25) is 0 Å². The standard InChI is InChI=1S/C12H28N2O2/c1-5-7-13-12(11-16-4)10-14(2)8-6-9-15-3/h12-13H,5-11H2,1-4H3. The van der Waals surface area contributed by atoms with Crippen LogP contribution in [0.5, 0.6) is 0 Å². The van der Waals surface area contributed by atoms with Crippen molar-refractivity contribution in [3.05, 3.63) is 0 Å². The minimum Gasteiger partial charge on any atom is -0.385 e. The first-order chi connectivity index (χ1) is 7.74. The van der Waals surface area contributed by atoms with E-state index in [2.05, 4.69) is 24.2 Å². The van der Waals surface area contributed by atoms with Crippen LogP contribution >= 0.6 is 0 Å². The molecule has 0 amide bonds. The van der Waals surface area contributed by atoms with Crippen LogP contribution in [0, 0.1) is 0 Å². The van der Waals surface area contributed by atoms with Crippen molar-refractivity contribution in [3.8, 4) is 0 Å². The van der Waals surface area contributed by atoms with E-state index in [1.807, 2.05) is 0 Å². The Labute approximate surface area is 100 Å². The summed E-state index contributed by atoms with van der Waals surface area (Å²) in [5.74, 6) is 0. The SMILES string of the molecule is CCCNC(COC)CN(C)CCCOC. The molecule has 0 aromatic rings. The monoisotopic (exact) mass is 232 g/mol. The normalized spacial score (nSPS) is 13.3. The van der Waals surface area contributed by atoms with Crippen LogP contribution in [0.4, 0.5) is 0 Å². The molecule has 1 unspecified atom stereocenters. The first-order valence-corrected chi connectivity index (χ1v) is 6.14. The Hall–Kier alpha value is -0.160. The second-order valence-electron chi connectivity index (χ2n) is 4.21. The van der Waals surface area contributed by atoms with Gasteiger partial charge in [0.1, 0.15) is 0 Å². The fourth-order valence-electron chi connectivity index (χ4n) is 1.67. The van der Waals surface area contributed by atoms with Gasteiger partial charge in [0.25, 0.3) is 0 Å². The molecule has 0 saturated carbocycles. The van der Waals surface area contributed by atoms with Crippen LogP contribution in [0.15, 0.2) is 0 Å². The van der Waals surface area contributed by atoms with Gasteiger partial charge in [-0.1, -0.05) is 6.92 Å². The molecule has 0 aliphatic carbocycles. The van der Waals surface area contributed by atoms with Crippen molar-refractivity contribution in [2.45, 2.75) is 25.8 Å². The van der Waals surface area contributed by atoms with Gasteiger partial charge in [-0.25, -0.2) is 0 Å². The van der Waals surface area contributed by atoms with Crippen molar-refractivity contribution in [1.82, 2.24) is 10.2 Å². The fraction of sp³-hybridized carbons (Fsp3) is 1.00. The molecule has 0 aliphatic heterocycles. The molecule has 0 bridgehead atoms. The fourth-order valence-corrected chi connectivity index (χ4v) is 1.67. The van der Waals surface area contributed by atoms with Crippen LogP contribution in [0.1, 0.15) is 19.8 Å². The third-order valence-corrected chi connectivity index (χ3v) is 2.47. The summed E-state index contributed by atoms with van der Waals surface area (Å²) in [7, 11) is 5.65. The molecule has 0 aromatic carbocycles. The van der Waals surface area contributed by atoms with Crippen molar-refractivity contribution in [2.75, 3.05) is 54.1 Å². The number of hydrogen-bond donors (Lipinski definition) is 1. The summed E-state index contributed by atoms with van der Waals surface area (Å²) in [6.45, 7) is 6.94. The Kier molecular flexibility index (Phi) is 11.2. The molecule has 0 spiro atoms. The Morgan fingerprint density at radius 2 is 2.00 bits per heavy atom. The van der Waals surface area contributed by atoms with Gasteiger partial charge in [0.15, 0.2) is 0 Å². The van der Waals surface area contributed by atoms with Gasteiger partial charge in [0.05, 0.1) is 6.61 Å². The first-order valence-electron chi connectivity index (χ1n) is 6.14. The maximum Gasteiger partial charge on any atom is 0.0628 e. The zero-order valence-corrected chi connectivity index (χ0v) is 11.3. The van der Waals surface area contributed by atoms with Crippen LogP contribution < -0.4 is 5.32 Å². The molecule has 0 aromatic heterocycles. The number of rotatable bonds is 11. The highest BCUT2D eigenvalue weighted by Gasteiger charge is 2.10. The highest BCUT2D eigenvalue weighted by atomic mass is 16.5. The van der Waals surface area contributed by atoms with Crippen molar-refractivity contribution >= 4 is 0 Å². The molecule has 0 heterocycles. The molecule has 0 saturated heterocycles. The highest BCUT2D eigenvalue weighted by molar-refractivity contribution is 4.69. The van der Waals surface area contributed by atoms with E-state index in [1.54, 1.807) is 14.2 Å². The lowest BCUT2D eigenvalue weighted by molar-refractivity contribution is 0.138. The molecule has 98 valence electrons. The van der Waals surface area contributed by atoms with Crippen molar-refractivity contribution in [3.63, 3.8) is 0 Å². The maximum atomic E-state index is 5.21. The van der Waals surface area contributed by atoms with Gasteiger partial charge in [-0.15, -0.1) is 0 Å². The number of ether oxygens (including phenoxy) is 2. The molecule has 16 heavy (non-hydrogen) atoms. The Balaban J connectivity index is 3.68. The van der Waals surface area contributed by atoms with Crippen LogP contribution in [0.3, 0.4) is 0 Å². The lowest BCUT2D eigenvalue weighted by Crippen LogP contribution is -2.43. The quantitative estimate of drug-likeness (QED) is 0.538. The van der Waals surface area contributed by atoms with E-state index < -0.39 is 0 Å². The third kappa shape index (κ3) is 9.09. The molecule has 4 nitrogen and oxygen atoms in total. The topological polar surface area (TPSA) is 33.7 Å². The van der Waals surface area contributed by atoms with Gasteiger partial charge in [0, 0.05) is 40.0 Å². The minimum absolute atomic E-state index is 0.428. The number of methoxy groups -OCH3 is 2. The molecular formula is C12H28N2O2. The van der Waals surface area contributed by atoms with Crippen LogP contribution in [0.2, 0.25) is 0 Å². The highest BCUT2D eigenvalue weighted by Crippen LogP contribution is 1.94. The molecular weight excluding hydrogens is 204 g/mol. The molecule has 4 heteroatoms. The van der Waals surface area contributed by atoms with E-state index in [0.29, 0.717) is 6.04 Å². The average molecular weight is 232 g/mol. The van der Waals surface area contributed by atoms with Crippen LogP contribution in [0.25, 0.3) is 0 Å². The summed E-state index contributed by atoms with van der Waals surface area (Å²) in [4.78, 5) is 2.32. The average Bonchev–Trinajstić information content (AvgIpc) is 2.26. The van der Waals surface area contributed by atoms with E-state index in [0.717, 1.165) is 45.7 Å². The molecule has 1 atom stereocenters. The van der Waals surface area contributed by atoms with Gasteiger partial charge in [-0.05, 0) is 26.4 Å². The van der Waals surface area contributed by atoms with Gasteiger partial charge >= 0.3 is 0 Å². The zero-order chi connectivity index (χ0) is 12.2. The number of nitrogens with zero attached hydrogens (tertiary/aromatic N) is 1. The summed E-state index contributed by atoms with van der Waals surface area (Å²) in [5, 5.41) is 3.49. The summed E-state index contributed by atoms with van der Waals surface area (Å²) in [6.07, 6.45) is 2.24. The molecule has 0 rings (SSSR count). The third-order valence-electron chi connectivity index (χ3n) is 2.47. The second kappa shape index (κ2) is 11.3. The first kappa shape index (κ1) is 15.8. The lowest BCUT2D eigenvalue weighted by Gasteiger charge is -2.24. The minimum atomic E-state index is 0.428. The van der Waals surface area contributed by atoms with Crippen LogP contribution in [-0.4, -0.2) is 65.1 Å². The van der Waals surface area contributed by atoms with E-state index in [4.69, 9.17) is 9.47 Å². The van der Waals surface area contributed by atoms with Gasteiger partial charge in [0.2, 0.25) is 0 Å². The zero-order valence-electron chi connectivity index (χ0n) is 11.3. The maximum absolute atomic E-state index is 5.21.